The van der Waals surface area contributed by atoms with Gasteiger partial charge in [0.2, 0.25) is 0 Å². The van der Waals surface area contributed by atoms with E-state index in [4.69, 9.17) is 5.14 Å². The Morgan fingerprint density at radius 2 is 1.89 bits per heavy atom. The van der Waals surface area contributed by atoms with E-state index in [2.05, 4.69) is 15.9 Å². The van der Waals surface area contributed by atoms with Crippen LogP contribution in [-0.4, -0.2) is 8.96 Å². The highest BCUT2D eigenvalue weighted by Gasteiger charge is 2.33. The molecule has 0 saturated carbocycles. The van der Waals surface area contributed by atoms with Gasteiger partial charge < -0.3 is 0 Å². The SMILES string of the molecule is CC(C)(C=Cc1ccc(Br)cc1C(F)(F)F)S(N)=O. The first-order chi connectivity index (χ1) is 8.54. The van der Waals surface area contributed by atoms with Crippen molar-refractivity contribution in [2.45, 2.75) is 24.8 Å². The van der Waals surface area contributed by atoms with Crippen LogP contribution >= 0.6 is 15.9 Å². The van der Waals surface area contributed by atoms with Gasteiger partial charge in [-0.15, -0.1) is 0 Å². The summed E-state index contributed by atoms with van der Waals surface area (Å²) in [6, 6.07) is 3.87. The normalized spacial score (nSPS) is 14.9. The highest BCUT2D eigenvalue weighted by atomic mass is 79.9. The second kappa shape index (κ2) is 5.76. The second-order valence-electron chi connectivity index (χ2n) is 4.46. The molecule has 7 heteroatoms. The second-order valence-corrected chi connectivity index (χ2v) is 7.03. The van der Waals surface area contributed by atoms with Gasteiger partial charge in [0.05, 0.1) is 21.3 Å². The van der Waals surface area contributed by atoms with Crippen molar-refractivity contribution in [2.75, 3.05) is 0 Å². The summed E-state index contributed by atoms with van der Waals surface area (Å²) in [7, 11) is -1.66. The molecular weight excluding hydrogens is 343 g/mol. The molecule has 1 atom stereocenters. The summed E-state index contributed by atoms with van der Waals surface area (Å²) in [6.45, 7) is 3.18. The minimum atomic E-state index is -4.45. The van der Waals surface area contributed by atoms with Crippen LogP contribution in [0.15, 0.2) is 28.7 Å². The molecule has 2 nitrogen and oxygen atoms in total. The minimum Gasteiger partial charge on any atom is -0.251 e. The zero-order chi connectivity index (χ0) is 14.8. The van der Waals surface area contributed by atoms with E-state index in [1.807, 2.05) is 0 Å². The minimum absolute atomic E-state index is 0.00854. The lowest BCUT2D eigenvalue weighted by molar-refractivity contribution is -0.137. The first-order valence-electron chi connectivity index (χ1n) is 5.26. The summed E-state index contributed by atoms with van der Waals surface area (Å²) in [5, 5.41) is 5.27. The van der Waals surface area contributed by atoms with Crippen molar-refractivity contribution in [3.8, 4) is 0 Å². The molecule has 0 spiro atoms. The molecule has 0 aromatic heterocycles. The zero-order valence-corrected chi connectivity index (χ0v) is 12.7. The average Bonchev–Trinajstić information content (AvgIpc) is 2.26. The zero-order valence-electron chi connectivity index (χ0n) is 10.3. The summed E-state index contributed by atoms with van der Waals surface area (Å²) >= 11 is 3.01. The molecule has 1 aromatic carbocycles. The molecule has 1 unspecified atom stereocenters. The molecule has 0 aliphatic carbocycles. The van der Waals surface area contributed by atoms with Gasteiger partial charge in [-0.1, -0.05) is 34.1 Å². The van der Waals surface area contributed by atoms with E-state index in [-0.39, 0.29) is 5.56 Å². The number of alkyl halides is 3. The molecule has 1 rings (SSSR count). The summed E-state index contributed by atoms with van der Waals surface area (Å²) in [4.78, 5) is 0. The first kappa shape index (κ1) is 16.4. The lowest BCUT2D eigenvalue weighted by atomic mass is 10.0. The van der Waals surface area contributed by atoms with Crippen LogP contribution in [0, 0.1) is 0 Å². The van der Waals surface area contributed by atoms with E-state index in [9.17, 15) is 17.4 Å². The highest BCUT2D eigenvalue weighted by Crippen LogP contribution is 2.34. The topological polar surface area (TPSA) is 43.1 Å². The molecule has 0 saturated heterocycles. The van der Waals surface area contributed by atoms with E-state index in [0.717, 1.165) is 6.07 Å². The van der Waals surface area contributed by atoms with E-state index in [0.29, 0.717) is 4.47 Å². The van der Waals surface area contributed by atoms with Crippen molar-refractivity contribution in [3.63, 3.8) is 0 Å². The van der Waals surface area contributed by atoms with Gasteiger partial charge in [-0.3, -0.25) is 5.14 Å². The molecule has 106 valence electrons. The predicted molar refractivity (Wildman–Crippen MR) is 74.6 cm³/mol. The lowest BCUT2D eigenvalue weighted by Crippen LogP contribution is -2.29. The number of hydrogen-bond acceptors (Lipinski definition) is 1. The number of halogens is 4. The van der Waals surface area contributed by atoms with Gasteiger partial charge in [0, 0.05) is 4.47 Å². The Morgan fingerprint density at radius 3 is 2.37 bits per heavy atom. The first-order valence-corrected chi connectivity index (χ1v) is 7.27. The van der Waals surface area contributed by atoms with Crippen LogP contribution in [0.1, 0.15) is 25.0 Å². The summed E-state index contributed by atoms with van der Waals surface area (Å²) in [5.74, 6) is 0. The third-order valence-corrected chi connectivity index (χ3v) is 4.17. The van der Waals surface area contributed by atoms with Crippen LogP contribution in [0.2, 0.25) is 0 Å². The van der Waals surface area contributed by atoms with Gasteiger partial charge in [-0.25, -0.2) is 4.21 Å². The maximum atomic E-state index is 12.9. The van der Waals surface area contributed by atoms with Crippen molar-refractivity contribution >= 4 is 33.0 Å². The fraction of sp³-hybridized carbons (Fsp3) is 0.333. The molecule has 0 aliphatic rings. The maximum Gasteiger partial charge on any atom is 0.417 e. The monoisotopic (exact) mass is 355 g/mol. The predicted octanol–water partition coefficient (Wildman–Crippen LogP) is 3.88. The van der Waals surface area contributed by atoms with Crippen molar-refractivity contribution < 1.29 is 17.4 Å². The fourth-order valence-electron chi connectivity index (χ4n) is 1.28. The van der Waals surface area contributed by atoms with Gasteiger partial charge in [0.15, 0.2) is 0 Å². The van der Waals surface area contributed by atoms with Crippen molar-refractivity contribution in [2.24, 2.45) is 5.14 Å². The van der Waals surface area contributed by atoms with Crippen molar-refractivity contribution in [1.29, 1.82) is 0 Å². The third kappa shape index (κ3) is 4.43. The summed E-state index contributed by atoms with van der Waals surface area (Å²) in [6.07, 6.45) is -1.74. The molecule has 0 amide bonds. The van der Waals surface area contributed by atoms with Gasteiger partial charge in [-0.2, -0.15) is 13.2 Å². The lowest BCUT2D eigenvalue weighted by Gasteiger charge is -2.16. The smallest absolute Gasteiger partial charge is 0.251 e. The van der Waals surface area contributed by atoms with Crippen LogP contribution in [-0.2, 0) is 17.2 Å². The van der Waals surface area contributed by atoms with E-state index < -0.39 is 27.5 Å². The molecule has 19 heavy (non-hydrogen) atoms. The quantitative estimate of drug-likeness (QED) is 0.878. The van der Waals surface area contributed by atoms with Crippen LogP contribution in [0.3, 0.4) is 0 Å². The standard InChI is InChI=1S/C12H13BrF3NOS/c1-11(2,19(17)18)6-5-8-3-4-9(13)7-10(8)12(14,15)16/h3-7H,17H2,1-2H3. The molecule has 1 aromatic rings. The Labute approximate surface area is 120 Å². The maximum absolute atomic E-state index is 12.9. The Hall–Kier alpha value is -0.660. The van der Waals surface area contributed by atoms with Gasteiger partial charge >= 0.3 is 6.18 Å². The van der Waals surface area contributed by atoms with Crippen LogP contribution < -0.4 is 5.14 Å². The Kier molecular flexibility index (Phi) is 4.97. The molecule has 0 bridgehead atoms. The molecule has 0 radical (unpaired) electrons. The Bertz CT molecular complexity index is 526. The fourth-order valence-corrected chi connectivity index (χ4v) is 1.84. The molecule has 0 aliphatic heterocycles. The van der Waals surface area contributed by atoms with Crippen LogP contribution in [0.25, 0.3) is 6.08 Å². The number of benzene rings is 1. The van der Waals surface area contributed by atoms with Crippen molar-refractivity contribution in [3.05, 3.63) is 39.9 Å². The largest absolute Gasteiger partial charge is 0.417 e. The van der Waals surface area contributed by atoms with E-state index in [1.165, 1.54) is 24.3 Å². The number of hydrogen-bond donors (Lipinski definition) is 1. The third-order valence-electron chi connectivity index (χ3n) is 2.50. The molecule has 0 fully saturated rings. The molecular formula is C12H13BrF3NOS. The van der Waals surface area contributed by atoms with E-state index in [1.54, 1.807) is 13.8 Å². The summed E-state index contributed by atoms with van der Waals surface area (Å²) in [5.41, 5.74) is -0.744. The number of rotatable bonds is 3. The van der Waals surface area contributed by atoms with Gasteiger partial charge in [-0.05, 0) is 31.5 Å². The average molecular weight is 356 g/mol. The van der Waals surface area contributed by atoms with Gasteiger partial charge in [0.25, 0.3) is 0 Å². The molecule has 2 N–H and O–H groups in total. The van der Waals surface area contributed by atoms with E-state index >= 15 is 0 Å². The molecule has 0 heterocycles. The number of nitrogens with two attached hydrogens (primary N) is 1. The van der Waals surface area contributed by atoms with Crippen molar-refractivity contribution in [1.82, 2.24) is 0 Å². The Morgan fingerprint density at radius 1 is 1.32 bits per heavy atom. The van der Waals surface area contributed by atoms with Gasteiger partial charge in [0.1, 0.15) is 0 Å². The van der Waals surface area contributed by atoms with Crippen LogP contribution in [0.4, 0.5) is 13.2 Å². The highest BCUT2D eigenvalue weighted by molar-refractivity contribution is 9.10. The Balaban J connectivity index is 3.23. The van der Waals surface area contributed by atoms with Crippen LogP contribution in [0.5, 0.6) is 0 Å². The summed E-state index contributed by atoms with van der Waals surface area (Å²) < 4.78 is 49.3.